The quantitative estimate of drug-likeness (QED) is 0.773. The van der Waals surface area contributed by atoms with Crippen molar-refractivity contribution in [3.63, 3.8) is 0 Å². The molecule has 94 valence electrons. The normalized spacial score (nSPS) is 10.4. The number of hydrogen-bond acceptors (Lipinski definition) is 1. The summed E-state index contributed by atoms with van der Waals surface area (Å²) in [6, 6.07) is 11.2. The van der Waals surface area contributed by atoms with Gasteiger partial charge in [0.15, 0.2) is 0 Å². The molecule has 2 aromatic rings. The van der Waals surface area contributed by atoms with Gasteiger partial charge in [0.1, 0.15) is 5.82 Å². The first-order chi connectivity index (χ1) is 8.56. The largest absolute Gasteiger partial charge is 0.381 e. The fourth-order valence-corrected chi connectivity index (χ4v) is 2.10. The molecule has 0 spiro atoms. The van der Waals surface area contributed by atoms with E-state index in [9.17, 15) is 4.39 Å². The summed E-state index contributed by atoms with van der Waals surface area (Å²) in [5.41, 5.74) is 3.11. The van der Waals surface area contributed by atoms with E-state index < -0.39 is 0 Å². The van der Waals surface area contributed by atoms with Crippen LogP contribution in [-0.2, 0) is 6.54 Å². The fraction of sp³-hybridized carbons (Fsp3) is 0.143. The van der Waals surface area contributed by atoms with Crippen LogP contribution in [0.2, 0.25) is 0 Å². The molecule has 0 saturated heterocycles. The molecule has 0 saturated carbocycles. The van der Waals surface area contributed by atoms with Crippen molar-refractivity contribution >= 4 is 37.5 Å². The highest BCUT2D eigenvalue weighted by Gasteiger charge is 2.01. The highest BCUT2D eigenvalue weighted by molar-refractivity contribution is 9.10. The standard InChI is InChI=1S/C14H12Br2FN/c1-9-6-11(3-5-12(9)15)18-8-10-2-4-13(16)14(17)7-10/h2-7,18H,8H2,1H3. The molecular formula is C14H12Br2FN. The molecule has 0 aliphatic rings. The Morgan fingerprint density at radius 3 is 2.44 bits per heavy atom. The van der Waals surface area contributed by atoms with Crippen LogP contribution < -0.4 is 5.32 Å². The second-order valence-electron chi connectivity index (χ2n) is 4.07. The van der Waals surface area contributed by atoms with E-state index in [0.717, 1.165) is 15.7 Å². The van der Waals surface area contributed by atoms with Crippen molar-refractivity contribution < 1.29 is 4.39 Å². The topological polar surface area (TPSA) is 12.0 Å². The third-order valence-electron chi connectivity index (χ3n) is 2.64. The van der Waals surface area contributed by atoms with E-state index in [4.69, 9.17) is 0 Å². The van der Waals surface area contributed by atoms with Gasteiger partial charge in [-0.1, -0.05) is 22.0 Å². The lowest BCUT2D eigenvalue weighted by Gasteiger charge is -2.08. The molecule has 0 atom stereocenters. The molecule has 0 amide bonds. The summed E-state index contributed by atoms with van der Waals surface area (Å²) >= 11 is 6.60. The van der Waals surface area contributed by atoms with Crippen LogP contribution in [0.1, 0.15) is 11.1 Å². The fourth-order valence-electron chi connectivity index (χ4n) is 1.61. The summed E-state index contributed by atoms with van der Waals surface area (Å²) in [6.45, 7) is 2.64. The smallest absolute Gasteiger partial charge is 0.137 e. The Kier molecular flexibility index (Phi) is 4.40. The molecule has 0 aromatic heterocycles. The Hall–Kier alpha value is -0.870. The first kappa shape index (κ1) is 13.6. The summed E-state index contributed by atoms with van der Waals surface area (Å²) in [5, 5.41) is 3.27. The number of aryl methyl sites for hydroxylation is 1. The van der Waals surface area contributed by atoms with Crippen molar-refractivity contribution in [3.05, 3.63) is 62.3 Å². The SMILES string of the molecule is Cc1cc(NCc2ccc(Br)c(F)c2)ccc1Br. The van der Waals surface area contributed by atoms with Crippen LogP contribution >= 0.6 is 31.9 Å². The zero-order valence-electron chi connectivity index (χ0n) is 9.81. The van der Waals surface area contributed by atoms with E-state index in [2.05, 4.69) is 43.2 Å². The van der Waals surface area contributed by atoms with Gasteiger partial charge in [-0.05, 0) is 64.3 Å². The predicted octanol–water partition coefficient (Wildman–Crippen LogP) is 5.27. The minimum absolute atomic E-state index is 0.235. The Balaban J connectivity index is 2.06. The molecule has 0 radical (unpaired) electrons. The van der Waals surface area contributed by atoms with Crippen LogP contribution in [0.15, 0.2) is 45.3 Å². The van der Waals surface area contributed by atoms with Gasteiger partial charge in [-0.15, -0.1) is 0 Å². The van der Waals surface area contributed by atoms with E-state index in [1.54, 1.807) is 6.07 Å². The number of benzene rings is 2. The van der Waals surface area contributed by atoms with Crippen LogP contribution in [0, 0.1) is 12.7 Å². The molecule has 0 aliphatic carbocycles. The van der Waals surface area contributed by atoms with Crippen molar-refractivity contribution in [3.8, 4) is 0 Å². The maximum Gasteiger partial charge on any atom is 0.137 e. The lowest BCUT2D eigenvalue weighted by molar-refractivity contribution is 0.619. The van der Waals surface area contributed by atoms with Gasteiger partial charge in [0.2, 0.25) is 0 Å². The monoisotopic (exact) mass is 371 g/mol. The van der Waals surface area contributed by atoms with Crippen LogP contribution in [-0.4, -0.2) is 0 Å². The van der Waals surface area contributed by atoms with Crippen molar-refractivity contribution in [2.75, 3.05) is 5.32 Å². The second-order valence-corrected chi connectivity index (χ2v) is 5.77. The van der Waals surface area contributed by atoms with Gasteiger partial charge in [-0.3, -0.25) is 0 Å². The number of rotatable bonds is 3. The molecule has 1 N–H and O–H groups in total. The molecule has 2 rings (SSSR count). The summed E-state index contributed by atoms with van der Waals surface area (Å²) in [4.78, 5) is 0. The van der Waals surface area contributed by atoms with Gasteiger partial charge >= 0.3 is 0 Å². The van der Waals surface area contributed by atoms with Crippen LogP contribution in [0.3, 0.4) is 0 Å². The Morgan fingerprint density at radius 2 is 1.78 bits per heavy atom. The molecule has 2 aromatic carbocycles. The zero-order valence-corrected chi connectivity index (χ0v) is 13.0. The molecule has 0 fully saturated rings. The highest BCUT2D eigenvalue weighted by Crippen LogP contribution is 2.21. The molecule has 0 unspecified atom stereocenters. The van der Waals surface area contributed by atoms with Gasteiger partial charge < -0.3 is 5.32 Å². The molecule has 0 bridgehead atoms. The summed E-state index contributed by atoms with van der Waals surface area (Å²) < 4.78 is 14.9. The molecule has 0 heterocycles. The third kappa shape index (κ3) is 3.33. The van der Waals surface area contributed by atoms with E-state index in [0.29, 0.717) is 11.0 Å². The molecule has 18 heavy (non-hydrogen) atoms. The molecule has 4 heteroatoms. The average molecular weight is 373 g/mol. The first-order valence-corrected chi connectivity index (χ1v) is 7.09. The van der Waals surface area contributed by atoms with Crippen LogP contribution in [0.25, 0.3) is 0 Å². The van der Waals surface area contributed by atoms with Gasteiger partial charge in [-0.25, -0.2) is 4.39 Å². The van der Waals surface area contributed by atoms with E-state index in [-0.39, 0.29) is 5.82 Å². The highest BCUT2D eigenvalue weighted by atomic mass is 79.9. The number of halogens is 3. The summed E-state index contributed by atoms with van der Waals surface area (Å²) in [5.74, 6) is -0.235. The Labute approximate surface area is 123 Å². The lowest BCUT2D eigenvalue weighted by atomic mass is 10.2. The second kappa shape index (κ2) is 5.85. The van der Waals surface area contributed by atoms with Crippen LogP contribution in [0.4, 0.5) is 10.1 Å². The van der Waals surface area contributed by atoms with Crippen LogP contribution in [0.5, 0.6) is 0 Å². The third-order valence-corrected chi connectivity index (χ3v) is 4.17. The van der Waals surface area contributed by atoms with Crippen molar-refractivity contribution in [1.29, 1.82) is 0 Å². The van der Waals surface area contributed by atoms with E-state index >= 15 is 0 Å². The zero-order chi connectivity index (χ0) is 13.1. The maximum absolute atomic E-state index is 13.3. The minimum Gasteiger partial charge on any atom is -0.381 e. The van der Waals surface area contributed by atoms with Gasteiger partial charge in [0.25, 0.3) is 0 Å². The average Bonchev–Trinajstić information content (AvgIpc) is 2.35. The van der Waals surface area contributed by atoms with Gasteiger partial charge in [0, 0.05) is 16.7 Å². The maximum atomic E-state index is 13.3. The minimum atomic E-state index is -0.235. The molecule has 0 aliphatic heterocycles. The Morgan fingerprint density at radius 1 is 1.06 bits per heavy atom. The number of hydrogen-bond donors (Lipinski definition) is 1. The number of anilines is 1. The number of nitrogens with one attached hydrogen (secondary N) is 1. The lowest BCUT2D eigenvalue weighted by Crippen LogP contribution is -2.00. The van der Waals surface area contributed by atoms with Gasteiger partial charge in [-0.2, -0.15) is 0 Å². The van der Waals surface area contributed by atoms with Crippen molar-refractivity contribution in [2.24, 2.45) is 0 Å². The van der Waals surface area contributed by atoms with Gasteiger partial charge in [0.05, 0.1) is 4.47 Å². The molecular weight excluding hydrogens is 361 g/mol. The summed E-state index contributed by atoms with van der Waals surface area (Å²) in [7, 11) is 0. The van der Waals surface area contributed by atoms with Crippen molar-refractivity contribution in [2.45, 2.75) is 13.5 Å². The molecule has 1 nitrogen and oxygen atoms in total. The summed E-state index contributed by atoms with van der Waals surface area (Å²) in [6.07, 6.45) is 0. The van der Waals surface area contributed by atoms with Crippen molar-refractivity contribution in [1.82, 2.24) is 0 Å². The Bertz CT molecular complexity index is 518. The first-order valence-electron chi connectivity index (χ1n) is 5.50. The predicted molar refractivity (Wildman–Crippen MR) is 80.3 cm³/mol. The van der Waals surface area contributed by atoms with E-state index in [1.165, 1.54) is 11.6 Å². The van der Waals surface area contributed by atoms with E-state index in [1.807, 2.05) is 25.1 Å².